The van der Waals surface area contributed by atoms with Crippen molar-refractivity contribution in [3.8, 4) is 0 Å². The van der Waals surface area contributed by atoms with Crippen LogP contribution in [-0.4, -0.2) is 31.9 Å². The summed E-state index contributed by atoms with van der Waals surface area (Å²) in [6, 6.07) is 0. The van der Waals surface area contributed by atoms with Crippen molar-refractivity contribution < 1.29 is 14.6 Å². The van der Waals surface area contributed by atoms with Crippen LogP contribution in [0.1, 0.15) is 116 Å². The number of carbonyl (C=O) groups excluding carboxylic acids is 1. The molecule has 2 heterocycles. The molecule has 39 heavy (non-hydrogen) atoms. The van der Waals surface area contributed by atoms with E-state index < -0.39 is 11.5 Å². The Bertz CT molecular complexity index is 1320. The second kappa shape index (κ2) is 10.6. The Labute approximate surface area is 237 Å². The molecule has 8 heteroatoms. The lowest BCUT2D eigenvalue weighted by Crippen LogP contribution is -2.49. The quantitative estimate of drug-likeness (QED) is 0.341. The van der Waals surface area contributed by atoms with Crippen molar-refractivity contribution >= 4 is 34.8 Å². The molecule has 2 unspecified atom stereocenters. The highest BCUT2D eigenvalue weighted by atomic mass is 35.5. The highest BCUT2D eigenvalue weighted by Crippen LogP contribution is 2.50. The largest absolute Gasteiger partial charge is 0.512 e. The van der Waals surface area contributed by atoms with Gasteiger partial charge in [-0.1, -0.05) is 48.5 Å². The molecule has 0 aromatic carbocycles. The number of aliphatic hydroxyl groups is 1. The first-order chi connectivity index (χ1) is 18.0. The third-order valence-corrected chi connectivity index (χ3v) is 9.60. The molecule has 0 amide bonds. The van der Waals surface area contributed by atoms with Crippen LogP contribution in [0.3, 0.4) is 0 Å². The van der Waals surface area contributed by atoms with Gasteiger partial charge in [-0.3, -0.25) is 9.20 Å². The lowest BCUT2D eigenvalue weighted by Gasteiger charge is -2.50. The maximum Gasteiger partial charge on any atom is 0.342 e. The van der Waals surface area contributed by atoms with Crippen LogP contribution in [0.4, 0.5) is 5.82 Å². The van der Waals surface area contributed by atoms with Crippen LogP contribution in [0.15, 0.2) is 11.0 Å². The zero-order valence-corrected chi connectivity index (χ0v) is 25.6. The average molecular weight is 560 g/mol. The number of anilines is 1. The second-order valence-electron chi connectivity index (χ2n) is 14.3. The predicted octanol–water partition coefficient (Wildman–Crippen LogP) is 6.23. The monoisotopic (exact) mass is 559 g/mol. The Hall–Kier alpha value is -2.28. The molecule has 0 radical (unpaired) electrons. The standard InChI is InChI=1S/C31H46ClN3O4/c1-16-13-21(30(3,4)5)25(22(14-16)31(6,7)8)39-29(38)24-20(18-9-11-19(32)12-10-18)15-35-27(24)34-26(33)23(17(2)36)28(35)37/h15-16,18-19,21-22,25,36H,9-14H2,1-8H3,(H2,33,34)/b23-17-. The summed E-state index contributed by atoms with van der Waals surface area (Å²) in [7, 11) is 0. The zero-order chi connectivity index (χ0) is 29.0. The van der Waals surface area contributed by atoms with Gasteiger partial charge in [0.2, 0.25) is 0 Å². The molecule has 0 saturated heterocycles. The number of nitrogens with two attached hydrogens (primary N) is 1. The Balaban J connectivity index is 1.87. The summed E-state index contributed by atoms with van der Waals surface area (Å²) in [5.41, 5.74) is 6.81. The molecule has 3 N–H and O–H groups in total. The van der Waals surface area contributed by atoms with Crippen molar-refractivity contribution in [2.75, 3.05) is 5.73 Å². The molecule has 4 rings (SSSR count). The van der Waals surface area contributed by atoms with Crippen LogP contribution < -0.4 is 16.5 Å². The van der Waals surface area contributed by atoms with E-state index in [0.717, 1.165) is 44.1 Å². The number of hydrogen-bond donors (Lipinski definition) is 2. The number of fused-ring (bicyclic) bond motifs is 1. The topological polar surface area (TPSA) is 107 Å². The van der Waals surface area contributed by atoms with Crippen molar-refractivity contribution in [2.24, 2.45) is 28.6 Å². The Morgan fingerprint density at radius 1 is 1.08 bits per heavy atom. The van der Waals surface area contributed by atoms with Crippen molar-refractivity contribution in [3.05, 3.63) is 32.9 Å². The van der Waals surface area contributed by atoms with Gasteiger partial charge < -0.3 is 15.6 Å². The van der Waals surface area contributed by atoms with Crippen LogP contribution in [0, 0.1) is 28.6 Å². The molecule has 2 aromatic heterocycles. The fourth-order valence-electron chi connectivity index (χ4n) is 6.95. The number of rotatable bonds is 3. The van der Waals surface area contributed by atoms with Gasteiger partial charge in [-0.2, -0.15) is 0 Å². The second-order valence-corrected chi connectivity index (χ2v) is 14.9. The summed E-state index contributed by atoms with van der Waals surface area (Å²) in [4.78, 5) is 32.2. The van der Waals surface area contributed by atoms with E-state index in [1.807, 2.05) is 0 Å². The van der Waals surface area contributed by atoms with Crippen molar-refractivity contribution in [2.45, 2.75) is 111 Å². The number of esters is 1. The minimum atomic E-state index is -0.490. The number of alkyl halides is 1. The molecule has 2 atom stereocenters. The maximum absolute atomic E-state index is 14.3. The number of ether oxygens (including phenoxy) is 1. The molecule has 0 spiro atoms. The molecular formula is C31H46ClN3O4. The van der Waals surface area contributed by atoms with Crippen molar-refractivity contribution in [1.82, 2.24) is 9.38 Å². The van der Waals surface area contributed by atoms with E-state index in [1.165, 1.54) is 11.3 Å². The minimum absolute atomic E-state index is 0.0460. The number of aromatic nitrogens is 2. The first-order valence-electron chi connectivity index (χ1n) is 14.4. The van der Waals surface area contributed by atoms with Gasteiger partial charge in [-0.05, 0) is 73.7 Å². The van der Waals surface area contributed by atoms with Gasteiger partial charge in [0.05, 0.1) is 0 Å². The third kappa shape index (κ3) is 5.79. The van der Waals surface area contributed by atoms with Crippen LogP contribution in [-0.2, 0) is 4.74 Å². The molecule has 2 aliphatic carbocycles. The molecule has 216 valence electrons. The van der Waals surface area contributed by atoms with Crippen molar-refractivity contribution in [3.63, 3.8) is 0 Å². The third-order valence-electron chi connectivity index (χ3n) is 9.16. The summed E-state index contributed by atoms with van der Waals surface area (Å²) in [6.07, 6.45) is 6.70. The van der Waals surface area contributed by atoms with E-state index in [4.69, 9.17) is 22.1 Å². The summed E-state index contributed by atoms with van der Waals surface area (Å²) >= 11 is 6.40. The molecule has 2 fully saturated rings. The number of carbonyl (C=O) groups is 1. The van der Waals surface area contributed by atoms with E-state index in [2.05, 4.69) is 53.5 Å². The molecule has 7 nitrogen and oxygen atoms in total. The van der Waals surface area contributed by atoms with E-state index >= 15 is 0 Å². The Kier molecular flexibility index (Phi) is 8.08. The van der Waals surface area contributed by atoms with Gasteiger partial charge in [-0.15, -0.1) is 11.6 Å². The van der Waals surface area contributed by atoms with Crippen LogP contribution in [0.5, 0.6) is 0 Å². The lowest BCUT2D eigenvalue weighted by atomic mass is 9.59. The number of halogens is 1. The first kappa shape index (κ1) is 29.7. The maximum atomic E-state index is 14.3. The van der Waals surface area contributed by atoms with E-state index in [1.54, 1.807) is 6.20 Å². The predicted molar refractivity (Wildman–Crippen MR) is 157 cm³/mol. The van der Waals surface area contributed by atoms with E-state index in [0.29, 0.717) is 11.5 Å². The van der Waals surface area contributed by atoms with E-state index in [-0.39, 0.29) is 62.5 Å². The van der Waals surface area contributed by atoms with E-state index in [9.17, 15) is 14.7 Å². The van der Waals surface area contributed by atoms with Crippen LogP contribution >= 0.6 is 11.6 Å². The summed E-state index contributed by atoms with van der Waals surface area (Å²) < 4.78 is 7.92. The number of nitrogens with zero attached hydrogens (tertiary/aromatic N) is 2. The van der Waals surface area contributed by atoms with Gasteiger partial charge in [0.25, 0.3) is 5.56 Å². The average Bonchev–Trinajstić information content (AvgIpc) is 3.18. The molecule has 0 aliphatic heterocycles. The number of aliphatic hydroxyl groups excluding tert-OH is 1. The van der Waals surface area contributed by atoms with Crippen LogP contribution in [0.25, 0.3) is 11.4 Å². The summed E-state index contributed by atoms with van der Waals surface area (Å²) in [5.74, 6) is 0.206. The fourth-order valence-corrected chi connectivity index (χ4v) is 7.20. The normalized spacial score (nSPS) is 29.4. The smallest absolute Gasteiger partial charge is 0.342 e. The molecule has 0 bridgehead atoms. The van der Waals surface area contributed by atoms with Gasteiger partial charge in [0.1, 0.15) is 28.5 Å². The van der Waals surface area contributed by atoms with Crippen molar-refractivity contribution in [1.29, 1.82) is 0 Å². The van der Waals surface area contributed by atoms with Gasteiger partial charge >= 0.3 is 5.97 Å². The highest BCUT2D eigenvalue weighted by Gasteiger charge is 2.48. The Morgan fingerprint density at radius 3 is 2.10 bits per heavy atom. The SMILES string of the molecule is C/C(O)=c1\c(N)nc2c(C(=O)OC3C(C(C)(C)C)CC(C)CC3C(C)(C)C)c(C3CCC(Cl)CC3)cn2c1=O. The number of hydrogen-bond acceptors (Lipinski definition) is 6. The Morgan fingerprint density at radius 2 is 1.62 bits per heavy atom. The first-order valence-corrected chi connectivity index (χ1v) is 14.8. The molecule has 2 saturated carbocycles. The zero-order valence-electron chi connectivity index (χ0n) is 24.8. The number of nitrogen functional groups attached to an aromatic ring is 1. The van der Waals surface area contributed by atoms with Crippen LogP contribution in [0.2, 0.25) is 0 Å². The van der Waals surface area contributed by atoms with Gasteiger partial charge in [0.15, 0.2) is 5.65 Å². The van der Waals surface area contributed by atoms with Gasteiger partial charge in [-0.25, -0.2) is 9.78 Å². The minimum Gasteiger partial charge on any atom is -0.512 e. The molecule has 2 aromatic rings. The highest BCUT2D eigenvalue weighted by molar-refractivity contribution is 6.20. The lowest BCUT2D eigenvalue weighted by molar-refractivity contribution is -0.0923. The summed E-state index contributed by atoms with van der Waals surface area (Å²) in [5, 5.41) is 10.2. The summed E-state index contributed by atoms with van der Waals surface area (Å²) in [6.45, 7) is 17.0. The molecule has 2 aliphatic rings. The molecular weight excluding hydrogens is 514 g/mol. The fraction of sp³-hybridized carbons (Fsp3) is 0.710. The van der Waals surface area contributed by atoms with Gasteiger partial charge in [0, 0.05) is 23.4 Å².